The summed E-state index contributed by atoms with van der Waals surface area (Å²) >= 11 is 0. The van der Waals surface area contributed by atoms with E-state index in [2.05, 4.69) is 39.9 Å². The molecule has 3 N–H and O–H groups in total. The Bertz CT molecular complexity index is 103. The van der Waals surface area contributed by atoms with E-state index in [1.807, 2.05) is 0 Å². The first kappa shape index (κ1) is 10.9. The molecule has 0 saturated heterocycles. The van der Waals surface area contributed by atoms with Crippen molar-refractivity contribution in [3.8, 4) is 0 Å². The van der Waals surface area contributed by atoms with Gasteiger partial charge in [0, 0.05) is 18.6 Å². The van der Waals surface area contributed by atoms with Gasteiger partial charge in [0.1, 0.15) is 0 Å². The van der Waals surface area contributed by atoms with Gasteiger partial charge >= 0.3 is 0 Å². The lowest BCUT2D eigenvalue weighted by Gasteiger charge is -2.32. The summed E-state index contributed by atoms with van der Waals surface area (Å²) in [6.45, 7) is 11.6. The summed E-state index contributed by atoms with van der Waals surface area (Å²) in [4.78, 5) is 0. The first-order valence-corrected chi connectivity index (χ1v) is 4.34. The van der Waals surface area contributed by atoms with Crippen LogP contribution in [-0.4, -0.2) is 18.6 Å². The van der Waals surface area contributed by atoms with Crippen molar-refractivity contribution in [1.82, 2.24) is 5.32 Å². The molecule has 0 radical (unpaired) electrons. The number of nitrogens with two attached hydrogens (primary N) is 1. The molecule has 0 rings (SSSR count). The first-order chi connectivity index (χ1) is 4.88. The summed E-state index contributed by atoms with van der Waals surface area (Å²) in [7, 11) is 0. The summed E-state index contributed by atoms with van der Waals surface area (Å²) in [5.74, 6) is 0. The third-order valence-corrected chi connectivity index (χ3v) is 1.82. The van der Waals surface area contributed by atoms with Gasteiger partial charge in [0.25, 0.3) is 0 Å². The molecule has 0 aromatic rings. The van der Waals surface area contributed by atoms with Crippen molar-refractivity contribution in [2.45, 2.75) is 46.7 Å². The molecule has 0 saturated carbocycles. The molecule has 0 aromatic heterocycles. The van der Waals surface area contributed by atoms with Crippen molar-refractivity contribution < 1.29 is 0 Å². The topological polar surface area (TPSA) is 38.0 Å². The molecule has 0 spiro atoms. The Morgan fingerprint density at radius 1 is 1.27 bits per heavy atom. The second-order valence-electron chi connectivity index (χ2n) is 4.48. The van der Waals surface area contributed by atoms with E-state index < -0.39 is 0 Å². The highest BCUT2D eigenvalue weighted by atomic mass is 15.0. The van der Waals surface area contributed by atoms with Gasteiger partial charge in [0.15, 0.2) is 0 Å². The van der Waals surface area contributed by atoms with E-state index >= 15 is 0 Å². The second kappa shape index (κ2) is 4.07. The minimum absolute atomic E-state index is 0.263. The van der Waals surface area contributed by atoms with Crippen LogP contribution in [0.4, 0.5) is 0 Å². The van der Waals surface area contributed by atoms with Gasteiger partial charge in [-0.05, 0) is 5.41 Å². The van der Waals surface area contributed by atoms with Gasteiger partial charge in [-0.1, -0.05) is 34.6 Å². The maximum atomic E-state index is 5.64. The predicted molar refractivity (Wildman–Crippen MR) is 50.6 cm³/mol. The maximum Gasteiger partial charge on any atom is 0.0241 e. The fraction of sp³-hybridized carbons (Fsp3) is 1.00. The van der Waals surface area contributed by atoms with Crippen molar-refractivity contribution in [1.29, 1.82) is 0 Å². The highest BCUT2D eigenvalue weighted by molar-refractivity contribution is 4.82. The van der Waals surface area contributed by atoms with Gasteiger partial charge in [-0.25, -0.2) is 0 Å². The van der Waals surface area contributed by atoms with Crippen LogP contribution >= 0.6 is 0 Å². The molecular weight excluding hydrogens is 136 g/mol. The smallest absolute Gasteiger partial charge is 0.0241 e. The Kier molecular flexibility index (Phi) is 4.04. The lowest BCUT2D eigenvalue weighted by molar-refractivity contribution is 0.259. The van der Waals surface area contributed by atoms with Crippen molar-refractivity contribution in [3.63, 3.8) is 0 Å². The van der Waals surface area contributed by atoms with Crippen LogP contribution in [0.2, 0.25) is 0 Å². The minimum atomic E-state index is 0.263. The van der Waals surface area contributed by atoms with E-state index in [-0.39, 0.29) is 5.41 Å². The van der Waals surface area contributed by atoms with Crippen molar-refractivity contribution in [2.24, 2.45) is 11.1 Å². The SMILES string of the molecule is CC(C)NC(CN)C(C)(C)C. The van der Waals surface area contributed by atoms with Gasteiger partial charge in [-0.3, -0.25) is 0 Å². The highest BCUT2D eigenvalue weighted by Crippen LogP contribution is 2.18. The second-order valence-corrected chi connectivity index (χ2v) is 4.48. The van der Waals surface area contributed by atoms with Gasteiger partial charge in [0.05, 0.1) is 0 Å². The average molecular weight is 158 g/mol. The van der Waals surface area contributed by atoms with Crippen molar-refractivity contribution in [2.75, 3.05) is 6.54 Å². The zero-order valence-electron chi connectivity index (χ0n) is 8.44. The Hall–Kier alpha value is -0.0800. The summed E-state index contributed by atoms with van der Waals surface area (Å²) in [6.07, 6.45) is 0. The van der Waals surface area contributed by atoms with Gasteiger partial charge in [0.2, 0.25) is 0 Å². The van der Waals surface area contributed by atoms with E-state index in [9.17, 15) is 0 Å². The van der Waals surface area contributed by atoms with Crippen molar-refractivity contribution in [3.05, 3.63) is 0 Å². The summed E-state index contributed by atoms with van der Waals surface area (Å²) in [5.41, 5.74) is 5.91. The molecule has 0 aliphatic rings. The van der Waals surface area contributed by atoms with Crippen molar-refractivity contribution >= 4 is 0 Å². The normalized spacial score (nSPS) is 15.5. The lowest BCUT2D eigenvalue weighted by atomic mass is 9.86. The first-order valence-electron chi connectivity index (χ1n) is 4.34. The Morgan fingerprint density at radius 2 is 1.73 bits per heavy atom. The van der Waals surface area contributed by atoms with E-state index in [1.54, 1.807) is 0 Å². The van der Waals surface area contributed by atoms with Crippen LogP contribution in [0, 0.1) is 5.41 Å². The predicted octanol–water partition coefficient (Wildman–Crippen LogP) is 1.36. The third kappa shape index (κ3) is 4.38. The zero-order valence-corrected chi connectivity index (χ0v) is 8.44. The highest BCUT2D eigenvalue weighted by Gasteiger charge is 2.22. The molecule has 2 nitrogen and oxygen atoms in total. The lowest BCUT2D eigenvalue weighted by Crippen LogP contribution is -2.48. The fourth-order valence-electron chi connectivity index (χ4n) is 1.07. The van der Waals surface area contributed by atoms with Crippen LogP contribution in [0.3, 0.4) is 0 Å². The summed E-state index contributed by atoms with van der Waals surface area (Å²) in [6, 6.07) is 0.935. The number of hydrogen-bond donors (Lipinski definition) is 2. The standard InChI is InChI=1S/C9H22N2/c1-7(2)11-8(6-10)9(3,4)5/h7-8,11H,6,10H2,1-5H3. The summed E-state index contributed by atoms with van der Waals surface area (Å²) < 4.78 is 0. The molecule has 11 heavy (non-hydrogen) atoms. The van der Waals surface area contributed by atoms with Crippen LogP contribution in [-0.2, 0) is 0 Å². The van der Waals surface area contributed by atoms with Crippen LogP contribution in [0.25, 0.3) is 0 Å². The van der Waals surface area contributed by atoms with Crippen LogP contribution < -0.4 is 11.1 Å². The Labute approximate surface area is 70.5 Å². The molecule has 0 heterocycles. The molecule has 0 amide bonds. The van der Waals surface area contributed by atoms with Gasteiger partial charge < -0.3 is 11.1 Å². The monoisotopic (exact) mass is 158 g/mol. The molecule has 0 aromatic carbocycles. The Morgan fingerprint density at radius 3 is 1.82 bits per heavy atom. The molecule has 0 aliphatic carbocycles. The van der Waals surface area contributed by atoms with Gasteiger partial charge in [-0.2, -0.15) is 0 Å². The summed E-state index contributed by atoms with van der Waals surface area (Å²) in [5, 5.41) is 3.44. The van der Waals surface area contributed by atoms with E-state index in [0.29, 0.717) is 18.6 Å². The van der Waals surface area contributed by atoms with E-state index in [1.165, 1.54) is 0 Å². The minimum Gasteiger partial charge on any atom is -0.329 e. The molecule has 1 unspecified atom stereocenters. The van der Waals surface area contributed by atoms with Crippen LogP contribution in [0.1, 0.15) is 34.6 Å². The van der Waals surface area contributed by atoms with E-state index in [0.717, 1.165) is 0 Å². The molecule has 2 heteroatoms. The quantitative estimate of drug-likeness (QED) is 0.651. The number of hydrogen-bond acceptors (Lipinski definition) is 2. The molecule has 1 atom stereocenters. The number of rotatable bonds is 3. The average Bonchev–Trinajstić information content (AvgIpc) is 1.79. The van der Waals surface area contributed by atoms with Crippen LogP contribution in [0.15, 0.2) is 0 Å². The van der Waals surface area contributed by atoms with Crippen LogP contribution in [0.5, 0.6) is 0 Å². The fourth-order valence-corrected chi connectivity index (χ4v) is 1.07. The van der Waals surface area contributed by atoms with E-state index in [4.69, 9.17) is 5.73 Å². The molecule has 0 bridgehead atoms. The zero-order chi connectivity index (χ0) is 9.07. The molecule has 0 aliphatic heterocycles. The third-order valence-electron chi connectivity index (χ3n) is 1.82. The largest absolute Gasteiger partial charge is 0.329 e. The molecule has 0 fully saturated rings. The Balaban J connectivity index is 3.96. The number of nitrogens with one attached hydrogen (secondary N) is 1. The van der Waals surface area contributed by atoms with Gasteiger partial charge in [-0.15, -0.1) is 0 Å². The molecular formula is C9H22N2. The maximum absolute atomic E-state index is 5.64. The molecule has 68 valence electrons.